The van der Waals surface area contributed by atoms with Crippen LogP contribution in [0.3, 0.4) is 0 Å². The number of carbonyl (C=O) groups is 2. The van der Waals surface area contributed by atoms with Gasteiger partial charge >= 0.3 is 11.8 Å². The quantitative estimate of drug-likeness (QED) is 0.754. The van der Waals surface area contributed by atoms with Gasteiger partial charge in [0.25, 0.3) is 0 Å². The molecule has 5 nitrogen and oxygen atoms in total. The highest BCUT2D eigenvalue weighted by Crippen LogP contribution is 2.26. The van der Waals surface area contributed by atoms with Crippen LogP contribution >= 0.6 is 0 Å². The maximum Gasteiger partial charge on any atom is 0.309 e. The molecule has 0 aromatic heterocycles. The molecule has 0 heterocycles. The molecule has 0 radical (unpaired) electrons. The lowest BCUT2D eigenvalue weighted by atomic mass is 9.89. The van der Waals surface area contributed by atoms with E-state index in [4.69, 9.17) is 4.74 Å². The van der Waals surface area contributed by atoms with Gasteiger partial charge in [0.15, 0.2) is 0 Å². The third kappa shape index (κ3) is 4.91. The van der Waals surface area contributed by atoms with Crippen LogP contribution in [0.5, 0.6) is 5.75 Å². The van der Waals surface area contributed by atoms with E-state index in [0.717, 1.165) is 36.1 Å². The molecular formula is C23H28N2O3. The smallest absolute Gasteiger partial charge is 0.309 e. The minimum Gasteiger partial charge on any atom is -0.497 e. The van der Waals surface area contributed by atoms with Crippen molar-refractivity contribution in [1.29, 1.82) is 0 Å². The van der Waals surface area contributed by atoms with Gasteiger partial charge in [-0.1, -0.05) is 37.3 Å². The van der Waals surface area contributed by atoms with Crippen LogP contribution in [0, 0.1) is 0 Å². The lowest BCUT2D eigenvalue weighted by molar-refractivity contribution is -0.139. The zero-order valence-corrected chi connectivity index (χ0v) is 16.6. The van der Waals surface area contributed by atoms with Gasteiger partial charge < -0.3 is 15.4 Å². The molecule has 2 amide bonds. The molecule has 148 valence electrons. The Labute approximate surface area is 166 Å². The van der Waals surface area contributed by atoms with Gasteiger partial charge in [0, 0.05) is 6.54 Å². The summed E-state index contributed by atoms with van der Waals surface area (Å²) in [5.74, 6) is -0.464. The average Bonchev–Trinajstić information content (AvgIpc) is 2.75. The summed E-state index contributed by atoms with van der Waals surface area (Å²) in [5.41, 5.74) is 4.76. The van der Waals surface area contributed by atoms with Gasteiger partial charge in [-0.05, 0) is 66.5 Å². The minimum absolute atomic E-state index is 0.161. The number of hydrogen-bond donors (Lipinski definition) is 2. The standard InChI is InChI=1S/C23H28N2O3/c1-3-21(19-11-10-17-6-4-5-7-18(17)14-19)25-23(27)22(26)24-15-16-8-12-20(28-2)13-9-16/h8-14,21H,3-7,15H2,1-2H3,(H,24,26)(H,25,27). The predicted octanol–water partition coefficient (Wildman–Crippen LogP) is 3.46. The Balaban J connectivity index is 1.57. The fraction of sp³-hybridized carbons (Fsp3) is 0.391. The number of amides is 2. The second-order valence-electron chi connectivity index (χ2n) is 7.20. The number of fused-ring (bicyclic) bond motifs is 1. The van der Waals surface area contributed by atoms with Crippen LogP contribution in [-0.2, 0) is 29.0 Å². The van der Waals surface area contributed by atoms with Crippen LogP contribution in [0.1, 0.15) is 54.5 Å². The van der Waals surface area contributed by atoms with E-state index in [0.29, 0.717) is 6.54 Å². The minimum atomic E-state index is -0.618. The zero-order chi connectivity index (χ0) is 19.9. The van der Waals surface area contributed by atoms with Crippen molar-refractivity contribution in [3.8, 4) is 5.75 Å². The fourth-order valence-electron chi connectivity index (χ4n) is 3.62. The lowest BCUT2D eigenvalue weighted by Crippen LogP contribution is -2.41. The van der Waals surface area contributed by atoms with Gasteiger partial charge in [-0.2, -0.15) is 0 Å². The lowest BCUT2D eigenvalue weighted by Gasteiger charge is -2.21. The number of benzene rings is 2. The first-order chi connectivity index (χ1) is 13.6. The second kappa shape index (κ2) is 9.40. The second-order valence-corrected chi connectivity index (χ2v) is 7.20. The van der Waals surface area contributed by atoms with Crippen LogP contribution in [0.2, 0.25) is 0 Å². The molecule has 0 aliphatic heterocycles. The Morgan fingerprint density at radius 1 is 1.00 bits per heavy atom. The molecule has 0 spiro atoms. The van der Waals surface area contributed by atoms with Gasteiger partial charge in [0.2, 0.25) is 0 Å². The summed E-state index contributed by atoms with van der Waals surface area (Å²) in [6, 6.07) is 13.6. The maximum atomic E-state index is 12.4. The predicted molar refractivity (Wildman–Crippen MR) is 109 cm³/mol. The van der Waals surface area contributed by atoms with E-state index >= 15 is 0 Å². The molecule has 1 unspecified atom stereocenters. The van der Waals surface area contributed by atoms with Gasteiger partial charge in [-0.25, -0.2) is 0 Å². The summed E-state index contributed by atoms with van der Waals surface area (Å²) >= 11 is 0. The van der Waals surface area contributed by atoms with Crippen LogP contribution in [0.25, 0.3) is 0 Å². The molecule has 2 aromatic carbocycles. The highest BCUT2D eigenvalue weighted by Gasteiger charge is 2.20. The van der Waals surface area contributed by atoms with E-state index in [9.17, 15) is 9.59 Å². The maximum absolute atomic E-state index is 12.4. The monoisotopic (exact) mass is 380 g/mol. The number of ether oxygens (including phenoxy) is 1. The first kappa shape index (κ1) is 19.9. The first-order valence-corrected chi connectivity index (χ1v) is 9.94. The summed E-state index contributed by atoms with van der Waals surface area (Å²) in [4.78, 5) is 24.6. The molecule has 28 heavy (non-hydrogen) atoms. The molecule has 0 fully saturated rings. The van der Waals surface area contributed by atoms with Gasteiger partial charge in [0.1, 0.15) is 5.75 Å². The van der Waals surface area contributed by atoms with Crippen molar-refractivity contribution in [2.24, 2.45) is 0 Å². The Bertz CT molecular complexity index is 830. The van der Waals surface area contributed by atoms with E-state index in [1.165, 1.54) is 24.0 Å². The fourth-order valence-corrected chi connectivity index (χ4v) is 3.62. The Kier molecular flexibility index (Phi) is 6.69. The first-order valence-electron chi connectivity index (χ1n) is 9.94. The summed E-state index contributed by atoms with van der Waals surface area (Å²) in [7, 11) is 1.60. The molecule has 3 rings (SSSR count). The number of carbonyl (C=O) groups excluding carboxylic acids is 2. The van der Waals surface area contributed by atoms with E-state index in [1.807, 2.05) is 31.2 Å². The third-order valence-electron chi connectivity index (χ3n) is 5.31. The molecule has 0 bridgehead atoms. The normalized spacial score (nSPS) is 13.9. The van der Waals surface area contributed by atoms with Crippen LogP contribution in [-0.4, -0.2) is 18.9 Å². The molecule has 1 aliphatic rings. The largest absolute Gasteiger partial charge is 0.497 e. The summed E-state index contributed by atoms with van der Waals surface area (Å²) in [5, 5.41) is 5.55. The molecule has 2 aromatic rings. The molecular weight excluding hydrogens is 352 g/mol. The van der Waals surface area contributed by atoms with Crippen molar-refractivity contribution in [2.75, 3.05) is 7.11 Å². The van der Waals surface area contributed by atoms with E-state index in [1.54, 1.807) is 7.11 Å². The Morgan fingerprint density at radius 2 is 1.71 bits per heavy atom. The molecule has 1 aliphatic carbocycles. The van der Waals surface area contributed by atoms with E-state index < -0.39 is 11.8 Å². The van der Waals surface area contributed by atoms with E-state index in [-0.39, 0.29) is 6.04 Å². The molecule has 1 atom stereocenters. The van der Waals surface area contributed by atoms with Crippen molar-refractivity contribution in [1.82, 2.24) is 10.6 Å². The average molecular weight is 380 g/mol. The van der Waals surface area contributed by atoms with Gasteiger partial charge in [-0.15, -0.1) is 0 Å². The topological polar surface area (TPSA) is 67.4 Å². The molecule has 0 saturated carbocycles. The summed E-state index contributed by atoms with van der Waals surface area (Å²) in [6.45, 7) is 2.31. The number of methoxy groups -OCH3 is 1. The summed E-state index contributed by atoms with van der Waals surface area (Å²) in [6.07, 6.45) is 5.42. The van der Waals surface area contributed by atoms with Crippen molar-refractivity contribution >= 4 is 11.8 Å². The van der Waals surface area contributed by atoms with Crippen molar-refractivity contribution in [3.63, 3.8) is 0 Å². The van der Waals surface area contributed by atoms with Crippen molar-refractivity contribution < 1.29 is 14.3 Å². The van der Waals surface area contributed by atoms with Gasteiger partial charge in [-0.3, -0.25) is 9.59 Å². The molecule has 5 heteroatoms. The number of rotatable bonds is 6. The SMILES string of the molecule is CCC(NC(=O)C(=O)NCc1ccc(OC)cc1)c1ccc2c(c1)CCCC2. The number of aryl methyl sites for hydroxylation is 2. The van der Waals surface area contributed by atoms with Crippen LogP contribution < -0.4 is 15.4 Å². The van der Waals surface area contributed by atoms with Crippen molar-refractivity contribution in [3.05, 3.63) is 64.7 Å². The summed E-state index contributed by atoms with van der Waals surface area (Å²) < 4.78 is 5.11. The number of nitrogens with one attached hydrogen (secondary N) is 2. The Hall–Kier alpha value is -2.82. The van der Waals surface area contributed by atoms with Crippen LogP contribution in [0.15, 0.2) is 42.5 Å². The highest BCUT2D eigenvalue weighted by atomic mass is 16.5. The Morgan fingerprint density at radius 3 is 2.39 bits per heavy atom. The number of hydrogen-bond acceptors (Lipinski definition) is 3. The van der Waals surface area contributed by atoms with Gasteiger partial charge in [0.05, 0.1) is 13.2 Å². The molecule has 0 saturated heterocycles. The third-order valence-corrected chi connectivity index (χ3v) is 5.31. The van der Waals surface area contributed by atoms with Crippen LogP contribution in [0.4, 0.5) is 0 Å². The van der Waals surface area contributed by atoms with Crippen molar-refractivity contribution in [2.45, 2.75) is 51.6 Å². The molecule has 2 N–H and O–H groups in total. The van der Waals surface area contributed by atoms with E-state index in [2.05, 4.69) is 28.8 Å². The highest BCUT2D eigenvalue weighted by molar-refractivity contribution is 6.35. The zero-order valence-electron chi connectivity index (χ0n) is 16.6.